The number of rotatable bonds is 5. The van der Waals surface area contributed by atoms with Crippen molar-refractivity contribution < 1.29 is 0 Å². The SMILES string of the molecule is CCCC(C)CCC(C)(C)C(C)(C)C. The first-order valence-electron chi connectivity index (χ1n) is 6.20. The lowest BCUT2D eigenvalue weighted by molar-refractivity contribution is 0.110. The molecule has 0 nitrogen and oxygen atoms in total. The van der Waals surface area contributed by atoms with E-state index in [1.165, 1.54) is 25.7 Å². The van der Waals surface area contributed by atoms with Crippen LogP contribution in [0.3, 0.4) is 0 Å². The maximum Gasteiger partial charge on any atom is -0.0305 e. The molecule has 0 radical (unpaired) electrons. The van der Waals surface area contributed by atoms with Gasteiger partial charge in [-0.15, -0.1) is 0 Å². The zero-order chi connectivity index (χ0) is 11.4. The van der Waals surface area contributed by atoms with Gasteiger partial charge in [-0.1, -0.05) is 67.7 Å². The second kappa shape index (κ2) is 5.19. The van der Waals surface area contributed by atoms with Gasteiger partial charge in [-0.3, -0.25) is 0 Å². The Kier molecular flexibility index (Phi) is 5.19. The van der Waals surface area contributed by atoms with E-state index < -0.39 is 0 Å². The van der Waals surface area contributed by atoms with Crippen molar-refractivity contribution in [2.24, 2.45) is 16.7 Å². The monoisotopic (exact) mass is 198 g/mol. The Hall–Kier alpha value is 0. The summed E-state index contributed by atoms with van der Waals surface area (Å²) in [4.78, 5) is 0. The van der Waals surface area contributed by atoms with Gasteiger partial charge in [0.15, 0.2) is 0 Å². The van der Waals surface area contributed by atoms with Crippen molar-refractivity contribution >= 4 is 0 Å². The molecule has 0 N–H and O–H groups in total. The van der Waals surface area contributed by atoms with Gasteiger partial charge in [0.05, 0.1) is 0 Å². The van der Waals surface area contributed by atoms with Crippen LogP contribution < -0.4 is 0 Å². The van der Waals surface area contributed by atoms with E-state index in [9.17, 15) is 0 Å². The predicted molar refractivity (Wildman–Crippen MR) is 66.5 cm³/mol. The van der Waals surface area contributed by atoms with E-state index in [0.717, 1.165) is 5.92 Å². The summed E-state index contributed by atoms with van der Waals surface area (Å²) in [5, 5.41) is 0. The van der Waals surface area contributed by atoms with E-state index >= 15 is 0 Å². The van der Waals surface area contributed by atoms with Gasteiger partial charge in [0.1, 0.15) is 0 Å². The maximum atomic E-state index is 2.41. The zero-order valence-electron chi connectivity index (χ0n) is 11.4. The molecule has 0 aromatic rings. The molecule has 0 spiro atoms. The largest absolute Gasteiger partial charge is 0.0654 e. The van der Waals surface area contributed by atoms with Crippen LogP contribution in [0.4, 0.5) is 0 Å². The van der Waals surface area contributed by atoms with Gasteiger partial charge in [0.2, 0.25) is 0 Å². The van der Waals surface area contributed by atoms with Gasteiger partial charge < -0.3 is 0 Å². The van der Waals surface area contributed by atoms with E-state index in [2.05, 4.69) is 48.5 Å². The zero-order valence-corrected chi connectivity index (χ0v) is 11.4. The lowest BCUT2D eigenvalue weighted by atomic mass is 9.66. The molecule has 0 heteroatoms. The molecule has 1 unspecified atom stereocenters. The number of hydrogen-bond donors (Lipinski definition) is 0. The highest BCUT2D eigenvalue weighted by Crippen LogP contribution is 2.42. The second-order valence-electron chi connectivity index (χ2n) is 6.57. The Balaban J connectivity index is 3.99. The van der Waals surface area contributed by atoms with E-state index in [4.69, 9.17) is 0 Å². The van der Waals surface area contributed by atoms with E-state index in [1.807, 2.05) is 0 Å². The minimum absolute atomic E-state index is 0.429. The molecule has 0 aliphatic rings. The number of hydrogen-bond acceptors (Lipinski definition) is 0. The smallest absolute Gasteiger partial charge is 0.0305 e. The molecule has 0 aliphatic heterocycles. The van der Waals surface area contributed by atoms with Crippen LogP contribution in [0.15, 0.2) is 0 Å². The Bertz CT molecular complexity index is 148. The molecule has 1 atom stereocenters. The van der Waals surface area contributed by atoms with Crippen LogP contribution in [-0.4, -0.2) is 0 Å². The quantitative estimate of drug-likeness (QED) is 0.564. The highest BCUT2D eigenvalue weighted by molar-refractivity contribution is 4.82. The first kappa shape index (κ1) is 14.0. The third-order valence-corrected chi connectivity index (χ3v) is 4.07. The summed E-state index contributed by atoms with van der Waals surface area (Å²) in [7, 11) is 0. The molecule has 86 valence electrons. The van der Waals surface area contributed by atoms with E-state index in [0.29, 0.717) is 10.8 Å². The Morgan fingerprint density at radius 3 is 1.79 bits per heavy atom. The topological polar surface area (TPSA) is 0 Å². The van der Waals surface area contributed by atoms with Crippen LogP contribution in [0.2, 0.25) is 0 Å². The Labute approximate surface area is 91.5 Å². The summed E-state index contributed by atoms with van der Waals surface area (Å²) < 4.78 is 0. The van der Waals surface area contributed by atoms with Gasteiger partial charge >= 0.3 is 0 Å². The van der Waals surface area contributed by atoms with Gasteiger partial charge in [0.25, 0.3) is 0 Å². The molecule has 14 heavy (non-hydrogen) atoms. The van der Waals surface area contributed by atoms with Crippen LogP contribution in [-0.2, 0) is 0 Å². The van der Waals surface area contributed by atoms with Crippen molar-refractivity contribution in [3.63, 3.8) is 0 Å². The molecule has 0 aromatic carbocycles. The van der Waals surface area contributed by atoms with Crippen molar-refractivity contribution in [1.29, 1.82) is 0 Å². The lowest BCUT2D eigenvalue weighted by Crippen LogP contribution is -2.29. The van der Waals surface area contributed by atoms with Gasteiger partial charge in [-0.2, -0.15) is 0 Å². The average molecular weight is 198 g/mol. The molecule has 0 aliphatic carbocycles. The second-order valence-corrected chi connectivity index (χ2v) is 6.57. The molecule has 0 heterocycles. The van der Waals surface area contributed by atoms with E-state index in [-0.39, 0.29) is 0 Å². The summed E-state index contributed by atoms with van der Waals surface area (Å²) in [5.74, 6) is 0.904. The first-order valence-corrected chi connectivity index (χ1v) is 6.20. The molecule has 0 fully saturated rings. The summed E-state index contributed by atoms with van der Waals surface area (Å²) >= 11 is 0. The molecule has 0 saturated carbocycles. The van der Waals surface area contributed by atoms with Crippen LogP contribution >= 0.6 is 0 Å². The standard InChI is InChI=1S/C14H30/c1-8-9-12(2)10-11-14(6,7)13(3,4)5/h12H,8-11H2,1-7H3. The lowest BCUT2D eigenvalue weighted by Gasteiger charge is -2.39. The molecule has 0 aromatic heterocycles. The highest BCUT2D eigenvalue weighted by atomic mass is 14.4. The van der Waals surface area contributed by atoms with Crippen molar-refractivity contribution in [2.75, 3.05) is 0 Å². The molecular weight excluding hydrogens is 168 g/mol. The fourth-order valence-corrected chi connectivity index (χ4v) is 1.62. The maximum absolute atomic E-state index is 2.41. The third kappa shape index (κ3) is 4.48. The summed E-state index contributed by atoms with van der Waals surface area (Å²) in [6.07, 6.45) is 5.47. The van der Waals surface area contributed by atoms with Crippen LogP contribution in [0.1, 0.15) is 74.1 Å². The molecule has 0 rings (SSSR count). The summed E-state index contributed by atoms with van der Waals surface area (Å²) in [5.41, 5.74) is 0.897. The highest BCUT2D eigenvalue weighted by Gasteiger charge is 2.32. The molecule has 0 bridgehead atoms. The van der Waals surface area contributed by atoms with Crippen LogP contribution in [0, 0.1) is 16.7 Å². The normalized spacial score (nSPS) is 15.6. The molecular formula is C14H30. The van der Waals surface area contributed by atoms with Gasteiger partial charge in [-0.05, 0) is 23.2 Å². The fraction of sp³-hybridized carbons (Fsp3) is 1.00. The molecule has 0 amide bonds. The van der Waals surface area contributed by atoms with Crippen LogP contribution in [0.5, 0.6) is 0 Å². The Morgan fingerprint density at radius 1 is 0.929 bits per heavy atom. The van der Waals surface area contributed by atoms with Gasteiger partial charge in [-0.25, -0.2) is 0 Å². The third-order valence-electron chi connectivity index (χ3n) is 4.07. The molecule has 0 saturated heterocycles. The van der Waals surface area contributed by atoms with Gasteiger partial charge in [0, 0.05) is 0 Å². The summed E-state index contributed by atoms with van der Waals surface area (Å²) in [6, 6.07) is 0. The van der Waals surface area contributed by atoms with Crippen molar-refractivity contribution in [1.82, 2.24) is 0 Å². The van der Waals surface area contributed by atoms with Crippen molar-refractivity contribution in [3.8, 4) is 0 Å². The van der Waals surface area contributed by atoms with Crippen LogP contribution in [0.25, 0.3) is 0 Å². The van der Waals surface area contributed by atoms with Crippen molar-refractivity contribution in [2.45, 2.75) is 74.1 Å². The average Bonchev–Trinajstić information content (AvgIpc) is 1.99. The summed E-state index contributed by atoms with van der Waals surface area (Å²) in [6.45, 7) is 16.6. The van der Waals surface area contributed by atoms with Crippen molar-refractivity contribution in [3.05, 3.63) is 0 Å². The fourth-order valence-electron chi connectivity index (χ4n) is 1.62. The predicted octanol–water partition coefficient (Wildman–Crippen LogP) is 5.28. The first-order chi connectivity index (χ1) is 6.20. The minimum atomic E-state index is 0.429. The minimum Gasteiger partial charge on any atom is -0.0654 e. The van der Waals surface area contributed by atoms with E-state index in [1.54, 1.807) is 0 Å². The Morgan fingerprint density at radius 2 is 1.43 bits per heavy atom.